The molecular formula is C11H25Cl2Sn. The molecule has 0 N–H and O–H groups in total. The third-order valence-corrected chi connectivity index (χ3v) is 3.06. The molecule has 0 aliphatic carbocycles. The molecule has 0 saturated heterocycles. The number of rotatable bonds is 8. The van der Waals surface area contributed by atoms with Crippen LogP contribution in [0, 0.1) is 0 Å². The van der Waals surface area contributed by atoms with E-state index in [1.807, 2.05) is 0 Å². The van der Waals surface area contributed by atoms with Gasteiger partial charge in [-0.05, 0) is 0 Å². The zero-order valence-electron chi connectivity index (χ0n) is 9.55. The molecule has 0 bridgehead atoms. The third-order valence-electron chi connectivity index (χ3n) is 2.24. The Morgan fingerprint density at radius 3 is 1.71 bits per heavy atom. The summed E-state index contributed by atoms with van der Waals surface area (Å²) in [6.07, 6.45) is 11.6. The van der Waals surface area contributed by atoms with Crippen LogP contribution < -0.4 is 0 Å². The summed E-state index contributed by atoms with van der Waals surface area (Å²) in [5.41, 5.74) is 0. The minimum atomic E-state index is 0. The normalized spacial score (nSPS) is 11.4. The Balaban J connectivity index is -0.000000605. The zero-order valence-corrected chi connectivity index (χ0v) is 14.0. The second kappa shape index (κ2) is 16.8. The molecule has 0 aromatic rings. The van der Waals surface area contributed by atoms with Crippen molar-refractivity contribution in [1.82, 2.24) is 0 Å². The second-order valence-electron chi connectivity index (χ2n) is 3.81. The van der Waals surface area contributed by atoms with E-state index < -0.39 is 0 Å². The van der Waals surface area contributed by atoms with Gasteiger partial charge < -0.3 is 0 Å². The van der Waals surface area contributed by atoms with E-state index in [4.69, 9.17) is 0 Å². The van der Waals surface area contributed by atoms with E-state index in [0.29, 0.717) is 0 Å². The van der Waals surface area contributed by atoms with Crippen LogP contribution >= 0.6 is 24.8 Å². The molecule has 1 unspecified atom stereocenters. The minimum absolute atomic E-state index is 0. The molecule has 0 heterocycles. The van der Waals surface area contributed by atoms with Crippen molar-refractivity contribution in [1.29, 1.82) is 0 Å². The van der Waals surface area contributed by atoms with Gasteiger partial charge in [-0.15, -0.1) is 24.8 Å². The fraction of sp³-hybridized carbons (Fsp3) is 1.00. The maximum atomic E-state index is 2.36. The van der Waals surface area contributed by atoms with Crippen molar-refractivity contribution in [3.63, 3.8) is 0 Å². The first-order valence-electron chi connectivity index (χ1n) is 5.48. The van der Waals surface area contributed by atoms with Crippen LogP contribution in [0.5, 0.6) is 0 Å². The Kier molecular flexibility index (Phi) is 24.9. The fourth-order valence-electron chi connectivity index (χ4n) is 1.41. The average molecular weight is 347 g/mol. The van der Waals surface area contributed by atoms with Gasteiger partial charge in [0, 0.05) is 0 Å². The molecule has 0 aliphatic heterocycles. The first-order valence-corrected chi connectivity index (χ1v) is 7.13. The van der Waals surface area contributed by atoms with Crippen molar-refractivity contribution in [2.24, 2.45) is 0 Å². The number of halogens is 2. The minimum Gasteiger partial charge on any atom is -0.147 e. The first-order chi connectivity index (χ1) is 5.77. The van der Waals surface area contributed by atoms with E-state index in [2.05, 4.69) is 13.8 Å². The Morgan fingerprint density at radius 1 is 0.857 bits per heavy atom. The van der Waals surface area contributed by atoms with Gasteiger partial charge in [0.15, 0.2) is 0 Å². The topological polar surface area (TPSA) is 0 Å². The van der Waals surface area contributed by atoms with Crippen LogP contribution in [0.15, 0.2) is 0 Å². The van der Waals surface area contributed by atoms with Gasteiger partial charge in [0.25, 0.3) is 0 Å². The standard InChI is InChI=1S/C11H23.2ClH.Sn/c1-3-5-7-9-11-10-8-6-4-2;;;/h3H,4-11H2,1-2H3;2*1H;. The number of unbranched alkanes of at least 4 members (excludes halogenated alkanes) is 6. The smallest absolute Gasteiger partial charge is 0.147 e. The SMILES string of the molecule is CCCCCCCCC[CH](C)[Sn].Cl.Cl. The van der Waals surface area contributed by atoms with E-state index in [0.717, 1.165) is 3.93 Å². The van der Waals surface area contributed by atoms with Gasteiger partial charge in [-0.3, -0.25) is 0 Å². The van der Waals surface area contributed by atoms with Crippen LogP contribution in [0.25, 0.3) is 0 Å². The van der Waals surface area contributed by atoms with E-state index in [-0.39, 0.29) is 24.8 Å². The van der Waals surface area contributed by atoms with Crippen molar-refractivity contribution in [2.75, 3.05) is 0 Å². The molecule has 14 heavy (non-hydrogen) atoms. The van der Waals surface area contributed by atoms with Crippen LogP contribution in [0.1, 0.15) is 65.2 Å². The van der Waals surface area contributed by atoms with E-state index >= 15 is 0 Å². The molecule has 3 heteroatoms. The van der Waals surface area contributed by atoms with Crippen LogP contribution in [-0.2, 0) is 0 Å². The predicted octanol–water partition coefficient (Wildman–Crippen LogP) is 4.95. The molecule has 0 aromatic carbocycles. The quantitative estimate of drug-likeness (QED) is 0.431. The summed E-state index contributed by atoms with van der Waals surface area (Å²) in [7, 11) is 0. The van der Waals surface area contributed by atoms with Crippen LogP contribution in [-0.4, -0.2) is 22.5 Å². The summed E-state index contributed by atoms with van der Waals surface area (Å²) in [4.78, 5) is 0. The molecule has 87 valence electrons. The molecule has 0 spiro atoms. The molecular weight excluding hydrogens is 322 g/mol. The van der Waals surface area contributed by atoms with Gasteiger partial charge in [0.05, 0.1) is 0 Å². The van der Waals surface area contributed by atoms with Gasteiger partial charge in [-0.2, -0.15) is 0 Å². The predicted molar refractivity (Wildman–Crippen MR) is 72.3 cm³/mol. The van der Waals surface area contributed by atoms with E-state index in [1.165, 1.54) is 51.4 Å². The second-order valence-corrected chi connectivity index (χ2v) is 6.62. The summed E-state index contributed by atoms with van der Waals surface area (Å²) in [6, 6.07) is 0. The van der Waals surface area contributed by atoms with Crippen molar-refractivity contribution in [3.05, 3.63) is 0 Å². The Bertz CT molecular complexity index is 87.4. The molecule has 0 saturated carbocycles. The maximum Gasteiger partial charge on any atom is -0.147 e. The molecule has 3 radical (unpaired) electrons. The Labute approximate surface area is 116 Å². The van der Waals surface area contributed by atoms with Gasteiger partial charge in [0.1, 0.15) is 0 Å². The van der Waals surface area contributed by atoms with Crippen LogP contribution in [0.3, 0.4) is 0 Å². The van der Waals surface area contributed by atoms with E-state index in [1.54, 1.807) is 22.5 Å². The summed E-state index contributed by atoms with van der Waals surface area (Å²) in [5, 5.41) is 0. The molecule has 1 atom stereocenters. The summed E-state index contributed by atoms with van der Waals surface area (Å²) < 4.78 is 0.993. The van der Waals surface area contributed by atoms with Crippen molar-refractivity contribution >= 4 is 47.3 Å². The largest absolute Gasteiger partial charge is 0.147 e. The average Bonchev–Trinajstić information content (AvgIpc) is 2.02. The van der Waals surface area contributed by atoms with Crippen molar-refractivity contribution in [2.45, 2.75) is 69.1 Å². The van der Waals surface area contributed by atoms with Gasteiger partial charge in [0.2, 0.25) is 0 Å². The Hall–Kier alpha value is 1.38. The monoisotopic (exact) mass is 347 g/mol. The fourth-order valence-corrected chi connectivity index (χ4v) is 1.99. The first kappa shape index (κ1) is 20.7. The van der Waals surface area contributed by atoms with Crippen molar-refractivity contribution < 1.29 is 0 Å². The third kappa shape index (κ3) is 19.0. The van der Waals surface area contributed by atoms with Gasteiger partial charge in [-0.1, -0.05) is 0 Å². The van der Waals surface area contributed by atoms with Crippen LogP contribution in [0.2, 0.25) is 3.93 Å². The number of hydrogen-bond donors (Lipinski definition) is 0. The molecule has 0 nitrogen and oxygen atoms in total. The van der Waals surface area contributed by atoms with Gasteiger partial charge in [-0.25, -0.2) is 0 Å². The van der Waals surface area contributed by atoms with Gasteiger partial charge >= 0.3 is 91.7 Å². The number of hydrogen-bond acceptors (Lipinski definition) is 0. The summed E-state index contributed by atoms with van der Waals surface area (Å²) in [6.45, 7) is 4.64. The Morgan fingerprint density at radius 2 is 1.29 bits per heavy atom. The molecule has 0 fully saturated rings. The molecule has 0 amide bonds. The molecule has 0 rings (SSSR count). The van der Waals surface area contributed by atoms with E-state index in [9.17, 15) is 0 Å². The molecule has 0 aliphatic rings. The zero-order chi connectivity index (χ0) is 9.23. The summed E-state index contributed by atoms with van der Waals surface area (Å²) >= 11 is 1.72. The summed E-state index contributed by atoms with van der Waals surface area (Å²) in [5.74, 6) is 0. The molecule has 0 aromatic heterocycles. The maximum absolute atomic E-state index is 2.36. The van der Waals surface area contributed by atoms with Crippen LogP contribution in [0.4, 0.5) is 0 Å². The van der Waals surface area contributed by atoms with Crippen molar-refractivity contribution in [3.8, 4) is 0 Å².